The van der Waals surface area contributed by atoms with Crippen LogP contribution < -0.4 is 5.32 Å². The van der Waals surface area contributed by atoms with Crippen LogP contribution >= 0.6 is 0 Å². The third-order valence-electron chi connectivity index (χ3n) is 3.66. The van der Waals surface area contributed by atoms with Crippen molar-refractivity contribution in [1.29, 1.82) is 0 Å². The van der Waals surface area contributed by atoms with Crippen molar-refractivity contribution in [3.05, 3.63) is 53.6 Å². The van der Waals surface area contributed by atoms with Gasteiger partial charge in [-0.05, 0) is 35.2 Å². The molecule has 2 rings (SSSR count). The Balaban J connectivity index is 2.33. The summed E-state index contributed by atoms with van der Waals surface area (Å²) in [6.07, 6.45) is 3.54. The van der Waals surface area contributed by atoms with Crippen LogP contribution in [0.25, 0.3) is 16.8 Å². The minimum atomic E-state index is 0.568. The third kappa shape index (κ3) is 3.71. The van der Waals surface area contributed by atoms with Crippen LogP contribution in [0, 0.1) is 5.92 Å². The summed E-state index contributed by atoms with van der Waals surface area (Å²) in [5.41, 5.74) is 2.79. The van der Waals surface area contributed by atoms with Gasteiger partial charge in [-0.15, -0.1) is 0 Å². The summed E-state index contributed by atoms with van der Waals surface area (Å²) in [4.78, 5) is 0. The summed E-state index contributed by atoms with van der Waals surface area (Å²) >= 11 is 0. The molecule has 0 spiro atoms. The zero-order valence-corrected chi connectivity index (χ0v) is 12.8. The summed E-state index contributed by atoms with van der Waals surface area (Å²) < 4.78 is 0. The highest BCUT2D eigenvalue weighted by Crippen LogP contribution is 2.22. The first kappa shape index (κ1) is 14.8. The fraction of sp³-hybridized carbons (Fsp3) is 0.368. The van der Waals surface area contributed by atoms with Crippen LogP contribution in [0.4, 0.5) is 0 Å². The fourth-order valence-corrected chi connectivity index (χ4v) is 2.41. The van der Waals surface area contributed by atoms with E-state index >= 15 is 0 Å². The Hall–Kier alpha value is -1.60. The average Bonchev–Trinajstić information content (AvgIpc) is 2.46. The van der Waals surface area contributed by atoms with E-state index in [4.69, 9.17) is 0 Å². The second kappa shape index (κ2) is 7.25. The topological polar surface area (TPSA) is 12.0 Å². The van der Waals surface area contributed by atoms with Gasteiger partial charge in [0.15, 0.2) is 0 Å². The highest BCUT2D eigenvalue weighted by atomic mass is 14.8. The van der Waals surface area contributed by atoms with E-state index in [1.165, 1.54) is 28.3 Å². The highest BCUT2D eigenvalue weighted by molar-refractivity contribution is 5.90. The van der Waals surface area contributed by atoms with Gasteiger partial charge in [0.2, 0.25) is 0 Å². The summed E-state index contributed by atoms with van der Waals surface area (Å²) in [6.45, 7) is 8.81. The van der Waals surface area contributed by atoms with Crippen LogP contribution in [-0.2, 0) is 0 Å². The number of hydrogen-bond acceptors (Lipinski definition) is 1. The predicted octanol–water partition coefficient (Wildman–Crippen LogP) is 4.88. The van der Waals surface area contributed by atoms with E-state index in [9.17, 15) is 0 Å². The number of hydrogen-bond donors (Lipinski definition) is 1. The summed E-state index contributed by atoms with van der Waals surface area (Å²) in [6, 6.07) is 15.1. The summed E-state index contributed by atoms with van der Waals surface area (Å²) in [5.74, 6) is 0.568. The molecule has 1 nitrogen and oxygen atoms in total. The maximum absolute atomic E-state index is 3.52. The average molecular weight is 267 g/mol. The second-order valence-electron chi connectivity index (χ2n) is 5.62. The molecule has 0 atom stereocenters. The number of fused-ring (bicyclic) bond motifs is 1. The summed E-state index contributed by atoms with van der Waals surface area (Å²) in [7, 11) is 0. The highest BCUT2D eigenvalue weighted by Gasteiger charge is 2.05. The van der Waals surface area contributed by atoms with Crippen molar-refractivity contribution < 1.29 is 0 Å². The molecule has 0 aromatic heterocycles. The molecular formula is C19H25N. The Kier molecular flexibility index (Phi) is 5.37. The molecule has 0 radical (unpaired) electrons. The van der Waals surface area contributed by atoms with Gasteiger partial charge in [0.05, 0.1) is 0 Å². The van der Waals surface area contributed by atoms with E-state index in [-0.39, 0.29) is 0 Å². The first-order valence-electron chi connectivity index (χ1n) is 7.61. The van der Waals surface area contributed by atoms with Crippen LogP contribution in [0.2, 0.25) is 0 Å². The fourth-order valence-electron chi connectivity index (χ4n) is 2.41. The van der Waals surface area contributed by atoms with Crippen LogP contribution in [0.5, 0.6) is 0 Å². The molecule has 2 aromatic carbocycles. The SMILES string of the molecule is CCCNCC(=Cc1cccc2ccccc12)C(C)C. The lowest BCUT2D eigenvalue weighted by Gasteiger charge is -2.13. The van der Waals surface area contributed by atoms with E-state index in [0.717, 1.165) is 13.1 Å². The lowest BCUT2D eigenvalue weighted by molar-refractivity contribution is 0.657. The molecule has 106 valence electrons. The summed E-state index contributed by atoms with van der Waals surface area (Å²) in [5, 5.41) is 6.16. The van der Waals surface area contributed by atoms with Gasteiger partial charge in [-0.3, -0.25) is 0 Å². The van der Waals surface area contributed by atoms with Gasteiger partial charge in [-0.2, -0.15) is 0 Å². The molecule has 20 heavy (non-hydrogen) atoms. The van der Waals surface area contributed by atoms with Gasteiger partial charge in [0.25, 0.3) is 0 Å². The molecule has 2 aromatic rings. The van der Waals surface area contributed by atoms with E-state index < -0.39 is 0 Å². The minimum absolute atomic E-state index is 0.568. The number of benzene rings is 2. The van der Waals surface area contributed by atoms with Crippen molar-refractivity contribution in [3.63, 3.8) is 0 Å². The lowest BCUT2D eigenvalue weighted by Crippen LogP contribution is -2.19. The molecule has 0 heterocycles. The zero-order valence-electron chi connectivity index (χ0n) is 12.8. The Morgan fingerprint density at radius 3 is 2.60 bits per heavy atom. The Labute approximate surface area is 122 Å². The molecule has 0 unspecified atom stereocenters. The van der Waals surface area contributed by atoms with Gasteiger partial charge in [0.1, 0.15) is 0 Å². The van der Waals surface area contributed by atoms with Crippen molar-refractivity contribution in [2.24, 2.45) is 5.92 Å². The molecule has 0 aliphatic carbocycles. The number of nitrogens with one attached hydrogen (secondary N) is 1. The van der Waals surface area contributed by atoms with Crippen LogP contribution in [0.15, 0.2) is 48.0 Å². The normalized spacial score (nSPS) is 12.3. The van der Waals surface area contributed by atoms with E-state index in [0.29, 0.717) is 5.92 Å². The molecule has 0 bridgehead atoms. The maximum Gasteiger partial charge on any atom is 0.0170 e. The monoisotopic (exact) mass is 267 g/mol. The van der Waals surface area contributed by atoms with Crippen molar-refractivity contribution in [2.45, 2.75) is 27.2 Å². The molecule has 0 amide bonds. The van der Waals surface area contributed by atoms with Crippen LogP contribution in [0.1, 0.15) is 32.8 Å². The van der Waals surface area contributed by atoms with E-state index in [2.05, 4.69) is 74.6 Å². The van der Waals surface area contributed by atoms with Gasteiger partial charge >= 0.3 is 0 Å². The Morgan fingerprint density at radius 1 is 1.10 bits per heavy atom. The minimum Gasteiger partial charge on any atom is -0.313 e. The van der Waals surface area contributed by atoms with Gasteiger partial charge in [-0.25, -0.2) is 0 Å². The largest absolute Gasteiger partial charge is 0.313 e. The molecule has 0 aliphatic heterocycles. The predicted molar refractivity (Wildman–Crippen MR) is 89.9 cm³/mol. The van der Waals surface area contributed by atoms with Crippen molar-refractivity contribution in [3.8, 4) is 0 Å². The van der Waals surface area contributed by atoms with Crippen molar-refractivity contribution >= 4 is 16.8 Å². The van der Waals surface area contributed by atoms with E-state index in [1.807, 2.05) is 0 Å². The Bertz CT molecular complexity index is 576. The first-order chi connectivity index (χ1) is 9.72. The number of rotatable bonds is 6. The van der Waals surface area contributed by atoms with Gasteiger partial charge in [0, 0.05) is 6.54 Å². The van der Waals surface area contributed by atoms with Gasteiger partial charge in [-0.1, -0.05) is 74.9 Å². The molecule has 1 N–H and O–H groups in total. The molecule has 0 fully saturated rings. The third-order valence-corrected chi connectivity index (χ3v) is 3.66. The molecule has 1 heteroatoms. The molecule has 0 saturated heterocycles. The zero-order chi connectivity index (χ0) is 14.4. The standard InChI is InChI=1S/C19H25N/c1-4-12-20-14-18(15(2)3)13-17-10-7-9-16-8-5-6-11-19(16)17/h5-11,13,15,20H,4,12,14H2,1-3H3. The van der Waals surface area contributed by atoms with Crippen LogP contribution in [0.3, 0.4) is 0 Å². The molecule has 0 saturated carbocycles. The Morgan fingerprint density at radius 2 is 1.85 bits per heavy atom. The quantitative estimate of drug-likeness (QED) is 0.736. The van der Waals surface area contributed by atoms with Crippen molar-refractivity contribution in [2.75, 3.05) is 13.1 Å². The molecular weight excluding hydrogens is 242 g/mol. The van der Waals surface area contributed by atoms with Crippen molar-refractivity contribution in [1.82, 2.24) is 5.32 Å². The first-order valence-corrected chi connectivity index (χ1v) is 7.61. The van der Waals surface area contributed by atoms with E-state index in [1.54, 1.807) is 0 Å². The second-order valence-corrected chi connectivity index (χ2v) is 5.62. The molecule has 0 aliphatic rings. The maximum atomic E-state index is 3.52. The van der Waals surface area contributed by atoms with Gasteiger partial charge < -0.3 is 5.32 Å². The lowest BCUT2D eigenvalue weighted by atomic mass is 9.97. The van der Waals surface area contributed by atoms with Crippen LogP contribution in [-0.4, -0.2) is 13.1 Å². The smallest absolute Gasteiger partial charge is 0.0170 e.